The number of hydrogen-bond acceptors (Lipinski definition) is 4. The Bertz CT molecular complexity index is 279. The Labute approximate surface area is 88.5 Å². The number of aliphatic hydroxyl groups is 1. The van der Waals surface area contributed by atoms with Crippen molar-refractivity contribution in [3.63, 3.8) is 0 Å². The largest absolute Gasteiger partial charge is 0.389 e. The highest BCUT2D eigenvalue weighted by Crippen LogP contribution is 2.24. The van der Waals surface area contributed by atoms with Gasteiger partial charge in [0.1, 0.15) is 5.03 Å². The number of ether oxygens (including phenoxy) is 1. The Hall–Kier alpha value is -0.580. The van der Waals surface area contributed by atoms with Gasteiger partial charge in [-0.1, -0.05) is 6.07 Å². The second kappa shape index (κ2) is 6.01. The van der Waals surface area contributed by atoms with Gasteiger partial charge in [-0.3, -0.25) is 0 Å². The van der Waals surface area contributed by atoms with Gasteiger partial charge in [0.05, 0.1) is 12.7 Å². The van der Waals surface area contributed by atoms with Crippen molar-refractivity contribution >= 4 is 11.8 Å². The molecule has 1 atom stereocenters. The molecule has 1 aromatic heterocycles. The second-order valence-corrected chi connectivity index (χ2v) is 4.00. The van der Waals surface area contributed by atoms with Gasteiger partial charge in [-0.25, -0.2) is 4.98 Å². The summed E-state index contributed by atoms with van der Waals surface area (Å²) in [7, 11) is 1.68. The van der Waals surface area contributed by atoms with Crippen LogP contribution in [0.25, 0.3) is 0 Å². The molecular formula is C10H15NO2S. The predicted octanol–water partition coefficient (Wildman–Crippen LogP) is 1.87. The van der Waals surface area contributed by atoms with E-state index in [0.717, 1.165) is 16.3 Å². The molecule has 1 N–H and O–H groups in total. The zero-order chi connectivity index (χ0) is 10.4. The lowest BCUT2D eigenvalue weighted by molar-refractivity contribution is 0.195. The molecule has 14 heavy (non-hydrogen) atoms. The maximum atomic E-state index is 9.48. The number of rotatable bonds is 5. The van der Waals surface area contributed by atoms with E-state index in [4.69, 9.17) is 4.74 Å². The van der Waals surface area contributed by atoms with Crippen molar-refractivity contribution in [2.75, 3.05) is 19.5 Å². The number of nitrogens with zero attached hydrogens (tertiary/aromatic N) is 1. The molecule has 0 saturated heterocycles. The highest BCUT2D eigenvalue weighted by Gasteiger charge is 2.08. The third-order valence-corrected chi connectivity index (χ3v) is 2.76. The highest BCUT2D eigenvalue weighted by molar-refractivity contribution is 7.99. The summed E-state index contributed by atoms with van der Waals surface area (Å²) in [6.07, 6.45) is 1.27. The van der Waals surface area contributed by atoms with E-state index in [0.29, 0.717) is 6.61 Å². The van der Waals surface area contributed by atoms with Crippen LogP contribution in [0.2, 0.25) is 0 Å². The number of thioether (sulfide) groups is 1. The monoisotopic (exact) mass is 213 g/mol. The predicted molar refractivity (Wildman–Crippen MR) is 57.5 cm³/mol. The van der Waals surface area contributed by atoms with Crippen LogP contribution in [-0.2, 0) is 4.74 Å². The summed E-state index contributed by atoms with van der Waals surface area (Å²) in [4.78, 5) is 4.22. The average Bonchev–Trinajstić information content (AvgIpc) is 2.19. The van der Waals surface area contributed by atoms with Crippen molar-refractivity contribution in [3.8, 4) is 0 Å². The van der Waals surface area contributed by atoms with Crippen LogP contribution in [0.3, 0.4) is 0 Å². The third kappa shape index (κ3) is 3.29. The van der Waals surface area contributed by atoms with Gasteiger partial charge in [-0.15, -0.1) is 11.8 Å². The number of hydrogen-bond donors (Lipinski definition) is 1. The van der Waals surface area contributed by atoms with Gasteiger partial charge in [0.25, 0.3) is 0 Å². The molecule has 0 saturated carbocycles. The van der Waals surface area contributed by atoms with Gasteiger partial charge in [-0.2, -0.15) is 0 Å². The minimum Gasteiger partial charge on any atom is -0.389 e. The second-order valence-electron chi connectivity index (χ2n) is 2.92. The lowest BCUT2D eigenvalue weighted by Crippen LogP contribution is -1.98. The van der Waals surface area contributed by atoms with E-state index in [2.05, 4.69) is 4.98 Å². The molecule has 0 fully saturated rings. The topological polar surface area (TPSA) is 42.4 Å². The van der Waals surface area contributed by atoms with Crippen LogP contribution in [0.5, 0.6) is 0 Å². The smallest absolute Gasteiger partial charge is 0.102 e. The first kappa shape index (κ1) is 11.5. The summed E-state index contributed by atoms with van der Waals surface area (Å²) in [5.74, 6) is 0.854. The molecule has 3 nitrogen and oxygen atoms in total. The standard InChI is InChI=1S/C10H15NO2S/c1-8(12)9-4-3-5-11-10(9)14-7-6-13-2/h3-5,8,12H,6-7H2,1-2H3/t8-/m1/s1. The van der Waals surface area contributed by atoms with E-state index in [1.165, 1.54) is 0 Å². The Morgan fingerprint density at radius 3 is 3.07 bits per heavy atom. The summed E-state index contributed by atoms with van der Waals surface area (Å²) in [5.41, 5.74) is 0.883. The molecule has 0 bridgehead atoms. The minimum absolute atomic E-state index is 0.464. The fourth-order valence-corrected chi connectivity index (χ4v) is 2.05. The van der Waals surface area contributed by atoms with E-state index >= 15 is 0 Å². The lowest BCUT2D eigenvalue weighted by atomic mass is 10.2. The summed E-state index contributed by atoms with van der Waals surface area (Å²) in [6.45, 7) is 2.44. The number of aromatic nitrogens is 1. The van der Waals surface area contributed by atoms with Crippen LogP contribution in [0.1, 0.15) is 18.6 Å². The molecule has 0 aromatic carbocycles. The molecule has 0 unspecified atom stereocenters. The average molecular weight is 213 g/mol. The number of methoxy groups -OCH3 is 1. The van der Waals surface area contributed by atoms with Crippen LogP contribution >= 0.6 is 11.8 Å². The van der Waals surface area contributed by atoms with Crippen molar-refractivity contribution in [2.45, 2.75) is 18.1 Å². The number of aliphatic hydroxyl groups excluding tert-OH is 1. The molecule has 0 aliphatic heterocycles. The molecule has 0 amide bonds. The van der Waals surface area contributed by atoms with E-state index in [1.807, 2.05) is 12.1 Å². The number of pyridine rings is 1. The van der Waals surface area contributed by atoms with Crippen molar-refractivity contribution in [3.05, 3.63) is 23.9 Å². The normalized spacial score (nSPS) is 12.8. The Morgan fingerprint density at radius 2 is 2.43 bits per heavy atom. The van der Waals surface area contributed by atoms with Gasteiger partial charge < -0.3 is 9.84 Å². The molecule has 0 radical (unpaired) electrons. The Morgan fingerprint density at radius 1 is 1.64 bits per heavy atom. The molecule has 0 aliphatic carbocycles. The van der Waals surface area contributed by atoms with Gasteiger partial charge in [-0.05, 0) is 13.0 Å². The summed E-state index contributed by atoms with van der Waals surface area (Å²) >= 11 is 1.60. The van der Waals surface area contributed by atoms with Crippen molar-refractivity contribution in [1.29, 1.82) is 0 Å². The highest BCUT2D eigenvalue weighted by atomic mass is 32.2. The SMILES string of the molecule is COCCSc1ncccc1[C@@H](C)O. The maximum Gasteiger partial charge on any atom is 0.102 e. The molecule has 4 heteroatoms. The summed E-state index contributed by atoms with van der Waals surface area (Å²) < 4.78 is 4.95. The Kier molecular flexibility index (Phi) is 4.93. The van der Waals surface area contributed by atoms with Crippen molar-refractivity contribution < 1.29 is 9.84 Å². The zero-order valence-electron chi connectivity index (χ0n) is 8.43. The van der Waals surface area contributed by atoms with Crippen LogP contribution in [0.15, 0.2) is 23.4 Å². The molecule has 1 heterocycles. The van der Waals surface area contributed by atoms with Crippen LogP contribution in [-0.4, -0.2) is 29.6 Å². The molecule has 1 rings (SSSR count). The lowest BCUT2D eigenvalue weighted by Gasteiger charge is -2.09. The van der Waals surface area contributed by atoms with Crippen LogP contribution in [0, 0.1) is 0 Å². The third-order valence-electron chi connectivity index (χ3n) is 1.78. The van der Waals surface area contributed by atoms with E-state index < -0.39 is 6.10 Å². The first-order valence-electron chi connectivity index (χ1n) is 4.50. The maximum absolute atomic E-state index is 9.48. The van der Waals surface area contributed by atoms with E-state index in [9.17, 15) is 5.11 Å². The zero-order valence-corrected chi connectivity index (χ0v) is 9.25. The van der Waals surface area contributed by atoms with Gasteiger partial charge in [0.15, 0.2) is 0 Å². The molecule has 0 aliphatic rings. The summed E-state index contributed by atoms with van der Waals surface area (Å²) in [6, 6.07) is 3.73. The fourth-order valence-electron chi connectivity index (χ4n) is 1.06. The molecule has 1 aromatic rings. The fraction of sp³-hybridized carbons (Fsp3) is 0.500. The van der Waals surface area contributed by atoms with Gasteiger partial charge in [0, 0.05) is 24.6 Å². The van der Waals surface area contributed by atoms with Gasteiger partial charge in [0.2, 0.25) is 0 Å². The molecular weight excluding hydrogens is 198 g/mol. The molecule has 78 valence electrons. The quantitative estimate of drug-likeness (QED) is 0.599. The van der Waals surface area contributed by atoms with Crippen molar-refractivity contribution in [2.24, 2.45) is 0 Å². The van der Waals surface area contributed by atoms with Crippen LogP contribution < -0.4 is 0 Å². The van der Waals surface area contributed by atoms with E-state index in [1.54, 1.807) is 32.0 Å². The first-order chi connectivity index (χ1) is 6.75. The van der Waals surface area contributed by atoms with E-state index in [-0.39, 0.29) is 0 Å². The Balaban J connectivity index is 2.64. The van der Waals surface area contributed by atoms with Gasteiger partial charge >= 0.3 is 0 Å². The van der Waals surface area contributed by atoms with Crippen LogP contribution in [0.4, 0.5) is 0 Å². The molecule has 0 spiro atoms. The van der Waals surface area contributed by atoms with Crippen molar-refractivity contribution in [1.82, 2.24) is 4.98 Å². The first-order valence-corrected chi connectivity index (χ1v) is 5.49. The minimum atomic E-state index is -0.464. The summed E-state index contributed by atoms with van der Waals surface area (Å²) in [5, 5.41) is 10.4.